The lowest BCUT2D eigenvalue weighted by atomic mass is 9.88. The molecule has 3 aliphatic rings. The molecule has 1 saturated heterocycles. The first-order valence-electron chi connectivity index (χ1n) is 11.6. The van der Waals surface area contributed by atoms with Gasteiger partial charge in [0, 0.05) is 12.0 Å². The first kappa shape index (κ1) is 27.1. The quantitative estimate of drug-likeness (QED) is 0.142. The second-order valence-corrected chi connectivity index (χ2v) is 8.87. The Bertz CT molecular complexity index is 1050. The largest absolute Gasteiger partial charge is 0.504 e. The zero-order valence-corrected chi connectivity index (χ0v) is 19.9. The van der Waals surface area contributed by atoms with Gasteiger partial charge in [0.15, 0.2) is 17.8 Å². The Balaban J connectivity index is 1.40. The zero-order chi connectivity index (χ0) is 26.7. The van der Waals surface area contributed by atoms with Gasteiger partial charge in [-0.1, -0.05) is 12.1 Å². The number of aliphatic hydroxyl groups is 5. The summed E-state index contributed by atoms with van der Waals surface area (Å²) in [5.41, 5.74) is 1.10. The predicted octanol–water partition coefficient (Wildman–Crippen LogP) is -0.823. The number of aliphatic hydroxyl groups excluding tert-OH is 5. The SMILES string of the molecule is COc1cc(C=CC(=O)OCC2=CC(O)C3C=COC(OC4OC(CO)C(O)C(O)C4O)C23)ccc1O. The van der Waals surface area contributed by atoms with E-state index in [1.165, 1.54) is 37.7 Å². The molecule has 0 amide bonds. The summed E-state index contributed by atoms with van der Waals surface area (Å²) in [7, 11) is 1.41. The number of rotatable bonds is 8. The molecule has 37 heavy (non-hydrogen) atoms. The normalized spacial score (nSPS) is 35.1. The van der Waals surface area contributed by atoms with E-state index in [1.54, 1.807) is 18.2 Å². The molecule has 4 rings (SSSR count). The molecule has 12 nitrogen and oxygen atoms in total. The number of carbonyl (C=O) groups is 1. The highest BCUT2D eigenvalue weighted by atomic mass is 16.8. The van der Waals surface area contributed by atoms with Crippen molar-refractivity contribution in [3.8, 4) is 11.5 Å². The Morgan fingerprint density at radius 1 is 1.11 bits per heavy atom. The molecular weight excluding hydrogens is 492 g/mol. The van der Waals surface area contributed by atoms with E-state index >= 15 is 0 Å². The molecule has 1 aromatic carbocycles. The summed E-state index contributed by atoms with van der Waals surface area (Å²) in [5.74, 6) is -1.54. The molecule has 1 aromatic rings. The summed E-state index contributed by atoms with van der Waals surface area (Å²) in [6, 6.07) is 4.57. The molecule has 0 saturated carbocycles. The van der Waals surface area contributed by atoms with Crippen molar-refractivity contribution in [3.05, 3.63) is 53.8 Å². The van der Waals surface area contributed by atoms with Crippen LogP contribution in [0.5, 0.6) is 11.5 Å². The second-order valence-electron chi connectivity index (χ2n) is 8.87. The Morgan fingerprint density at radius 3 is 2.62 bits per heavy atom. The number of phenolic OH excluding ortho intramolecular Hbond substituents is 1. The van der Waals surface area contributed by atoms with Gasteiger partial charge in [-0.05, 0) is 35.4 Å². The van der Waals surface area contributed by atoms with Crippen LogP contribution < -0.4 is 4.74 Å². The summed E-state index contributed by atoms with van der Waals surface area (Å²) in [4.78, 5) is 12.3. The van der Waals surface area contributed by atoms with Crippen molar-refractivity contribution < 1.29 is 59.1 Å². The monoisotopic (exact) mass is 522 g/mol. The molecule has 0 bridgehead atoms. The summed E-state index contributed by atoms with van der Waals surface area (Å²) in [6.45, 7) is -0.807. The number of hydrogen-bond acceptors (Lipinski definition) is 12. The number of esters is 1. The molecule has 1 aliphatic carbocycles. The van der Waals surface area contributed by atoms with Gasteiger partial charge in [0.05, 0.1) is 32.0 Å². The van der Waals surface area contributed by atoms with Crippen LogP contribution in [0.15, 0.2) is 48.3 Å². The smallest absolute Gasteiger partial charge is 0.331 e. The molecule has 0 radical (unpaired) electrons. The van der Waals surface area contributed by atoms with Crippen LogP contribution in [0.3, 0.4) is 0 Å². The molecular formula is C25H30O12. The van der Waals surface area contributed by atoms with Crippen LogP contribution in [0, 0.1) is 11.8 Å². The molecule has 0 spiro atoms. The van der Waals surface area contributed by atoms with Gasteiger partial charge in [0.1, 0.15) is 31.0 Å². The Kier molecular flexibility index (Phi) is 8.49. The molecule has 2 heterocycles. The van der Waals surface area contributed by atoms with E-state index in [-0.39, 0.29) is 18.1 Å². The maximum absolute atomic E-state index is 12.3. The number of phenols is 1. The van der Waals surface area contributed by atoms with Crippen LogP contribution in [-0.4, -0.2) is 100 Å². The summed E-state index contributed by atoms with van der Waals surface area (Å²) >= 11 is 0. The van der Waals surface area contributed by atoms with Gasteiger partial charge < -0.3 is 54.3 Å². The molecule has 9 atom stereocenters. The molecule has 12 heteroatoms. The summed E-state index contributed by atoms with van der Waals surface area (Å²) < 4.78 is 27.1. The Labute approximate surface area is 212 Å². The van der Waals surface area contributed by atoms with Gasteiger partial charge in [-0.15, -0.1) is 0 Å². The van der Waals surface area contributed by atoms with E-state index in [2.05, 4.69) is 0 Å². The fraction of sp³-hybridized carbons (Fsp3) is 0.480. The van der Waals surface area contributed by atoms with Crippen molar-refractivity contribution in [3.63, 3.8) is 0 Å². The number of aromatic hydroxyl groups is 1. The number of carbonyl (C=O) groups excluding carboxylic acids is 1. The van der Waals surface area contributed by atoms with E-state index < -0.39 is 67.5 Å². The molecule has 0 aromatic heterocycles. The second kappa shape index (κ2) is 11.6. The fourth-order valence-electron chi connectivity index (χ4n) is 4.53. The first-order valence-corrected chi connectivity index (χ1v) is 11.6. The zero-order valence-electron chi connectivity index (χ0n) is 19.9. The number of benzene rings is 1. The highest BCUT2D eigenvalue weighted by Crippen LogP contribution is 2.41. The minimum absolute atomic E-state index is 0.0345. The van der Waals surface area contributed by atoms with Crippen LogP contribution in [0.2, 0.25) is 0 Å². The topological polar surface area (TPSA) is 185 Å². The van der Waals surface area contributed by atoms with Crippen molar-refractivity contribution in [2.24, 2.45) is 11.8 Å². The lowest BCUT2D eigenvalue weighted by Crippen LogP contribution is -2.60. The fourth-order valence-corrected chi connectivity index (χ4v) is 4.53. The predicted molar refractivity (Wildman–Crippen MR) is 125 cm³/mol. The number of fused-ring (bicyclic) bond motifs is 1. The van der Waals surface area contributed by atoms with E-state index in [1.807, 2.05) is 0 Å². The Hall–Kier alpha value is -2.97. The maximum atomic E-state index is 12.3. The van der Waals surface area contributed by atoms with Gasteiger partial charge in [0.2, 0.25) is 6.29 Å². The van der Waals surface area contributed by atoms with Gasteiger partial charge in [-0.2, -0.15) is 0 Å². The standard InChI is InChI=1S/C25H30O12/c1-33-17-8-12(2-4-15(17)27)3-5-19(29)35-11-13-9-16(28)14-6-7-34-24(20(13)14)37-25-23(32)22(31)21(30)18(10-26)36-25/h2-9,14,16,18,20-28,30-32H,10-11H2,1H3. The molecule has 6 N–H and O–H groups in total. The third-order valence-electron chi connectivity index (χ3n) is 6.54. The highest BCUT2D eigenvalue weighted by molar-refractivity contribution is 5.87. The Morgan fingerprint density at radius 2 is 1.89 bits per heavy atom. The van der Waals surface area contributed by atoms with Crippen molar-refractivity contribution in [1.29, 1.82) is 0 Å². The van der Waals surface area contributed by atoms with Crippen molar-refractivity contribution in [1.82, 2.24) is 0 Å². The molecule has 202 valence electrons. The van der Waals surface area contributed by atoms with Gasteiger partial charge in [-0.3, -0.25) is 0 Å². The number of ether oxygens (including phenoxy) is 5. The minimum atomic E-state index is -1.63. The van der Waals surface area contributed by atoms with E-state index in [0.29, 0.717) is 11.1 Å². The molecule has 2 aliphatic heterocycles. The summed E-state index contributed by atoms with van der Waals surface area (Å²) in [6.07, 6.45) is -2.25. The minimum Gasteiger partial charge on any atom is -0.504 e. The van der Waals surface area contributed by atoms with Crippen LogP contribution in [0.1, 0.15) is 5.56 Å². The lowest BCUT2D eigenvalue weighted by molar-refractivity contribution is -0.339. The van der Waals surface area contributed by atoms with Crippen molar-refractivity contribution in [2.75, 3.05) is 20.3 Å². The van der Waals surface area contributed by atoms with Crippen LogP contribution >= 0.6 is 0 Å². The average molecular weight is 523 g/mol. The van der Waals surface area contributed by atoms with Crippen molar-refractivity contribution in [2.45, 2.75) is 43.1 Å². The third kappa shape index (κ3) is 5.80. The number of methoxy groups -OCH3 is 1. The van der Waals surface area contributed by atoms with Crippen LogP contribution in [-0.2, 0) is 23.7 Å². The highest BCUT2D eigenvalue weighted by Gasteiger charge is 2.49. The molecule has 9 unspecified atom stereocenters. The first-order chi connectivity index (χ1) is 17.7. The van der Waals surface area contributed by atoms with Gasteiger partial charge in [0.25, 0.3) is 0 Å². The van der Waals surface area contributed by atoms with Crippen LogP contribution in [0.25, 0.3) is 6.08 Å². The van der Waals surface area contributed by atoms with E-state index in [9.17, 15) is 35.4 Å². The van der Waals surface area contributed by atoms with Gasteiger partial charge in [-0.25, -0.2) is 4.79 Å². The number of hydrogen-bond donors (Lipinski definition) is 6. The maximum Gasteiger partial charge on any atom is 0.331 e. The van der Waals surface area contributed by atoms with E-state index in [4.69, 9.17) is 23.7 Å². The van der Waals surface area contributed by atoms with E-state index in [0.717, 1.165) is 0 Å². The molecule has 1 fully saturated rings. The summed E-state index contributed by atoms with van der Waals surface area (Å²) in [5, 5.41) is 59.9. The third-order valence-corrected chi connectivity index (χ3v) is 6.54. The van der Waals surface area contributed by atoms with Gasteiger partial charge >= 0.3 is 5.97 Å². The lowest BCUT2D eigenvalue weighted by Gasteiger charge is -2.42. The van der Waals surface area contributed by atoms with Crippen molar-refractivity contribution >= 4 is 12.0 Å². The van der Waals surface area contributed by atoms with Crippen LogP contribution in [0.4, 0.5) is 0 Å². The average Bonchev–Trinajstić information content (AvgIpc) is 3.23.